The lowest BCUT2D eigenvalue weighted by atomic mass is 10.2. The van der Waals surface area contributed by atoms with Crippen molar-refractivity contribution >= 4 is 35.6 Å². The molecule has 0 spiro atoms. The van der Waals surface area contributed by atoms with Crippen LogP contribution < -0.4 is 25.0 Å². The van der Waals surface area contributed by atoms with E-state index in [9.17, 15) is 0 Å². The molecular formula is C20H31IN6O2. The summed E-state index contributed by atoms with van der Waals surface area (Å²) in [5.74, 6) is 2.42. The van der Waals surface area contributed by atoms with Gasteiger partial charge in [0.25, 0.3) is 0 Å². The Morgan fingerprint density at radius 2 is 1.97 bits per heavy atom. The Balaban J connectivity index is 0.00000300. The van der Waals surface area contributed by atoms with E-state index in [2.05, 4.69) is 25.6 Å². The molecule has 0 radical (unpaired) electrons. The maximum absolute atomic E-state index is 5.39. The molecule has 1 fully saturated rings. The highest BCUT2D eigenvalue weighted by Crippen LogP contribution is 2.30. The molecule has 2 heterocycles. The van der Waals surface area contributed by atoms with Gasteiger partial charge >= 0.3 is 0 Å². The zero-order chi connectivity index (χ0) is 19.9. The Morgan fingerprint density at radius 1 is 1.24 bits per heavy atom. The molecule has 1 aromatic heterocycles. The number of halogens is 1. The van der Waals surface area contributed by atoms with Gasteiger partial charge in [-0.15, -0.1) is 24.0 Å². The third kappa shape index (κ3) is 6.41. The Bertz CT molecular complexity index is 788. The van der Waals surface area contributed by atoms with Gasteiger partial charge in [0, 0.05) is 62.8 Å². The number of methoxy groups -OCH3 is 2. The molecule has 1 unspecified atom stereocenters. The summed E-state index contributed by atoms with van der Waals surface area (Å²) in [4.78, 5) is 6.68. The average Bonchev–Trinajstić information content (AvgIpc) is 3.35. The summed E-state index contributed by atoms with van der Waals surface area (Å²) in [5, 5.41) is 11.2. The second-order valence-corrected chi connectivity index (χ2v) is 6.93. The molecule has 9 heteroatoms. The number of hydrogen-bond donors (Lipinski definition) is 2. The minimum atomic E-state index is 0. The second kappa shape index (κ2) is 11.1. The fourth-order valence-corrected chi connectivity index (χ4v) is 3.35. The van der Waals surface area contributed by atoms with E-state index >= 15 is 0 Å². The van der Waals surface area contributed by atoms with Crippen LogP contribution in [0.2, 0.25) is 0 Å². The fraction of sp³-hybridized carbons (Fsp3) is 0.500. The Kier molecular flexibility index (Phi) is 8.87. The van der Waals surface area contributed by atoms with Crippen LogP contribution in [0.25, 0.3) is 0 Å². The van der Waals surface area contributed by atoms with Gasteiger partial charge in [-0.1, -0.05) is 0 Å². The van der Waals surface area contributed by atoms with Crippen molar-refractivity contribution < 1.29 is 9.47 Å². The molecule has 0 aliphatic carbocycles. The highest BCUT2D eigenvalue weighted by Gasteiger charge is 2.24. The van der Waals surface area contributed by atoms with Crippen LogP contribution >= 0.6 is 24.0 Å². The number of guanidine groups is 1. The Morgan fingerprint density at radius 3 is 2.55 bits per heavy atom. The average molecular weight is 514 g/mol. The van der Waals surface area contributed by atoms with Crippen molar-refractivity contribution in [2.24, 2.45) is 4.99 Å². The smallest absolute Gasteiger partial charge is 0.191 e. The van der Waals surface area contributed by atoms with Crippen molar-refractivity contribution in [1.29, 1.82) is 0 Å². The third-order valence-corrected chi connectivity index (χ3v) is 4.85. The lowest BCUT2D eigenvalue weighted by molar-refractivity contribution is 0.394. The number of aryl methyl sites for hydroxylation is 1. The lowest BCUT2D eigenvalue weighted by Gasteiger charge is -2.21. The van der Waals surface area contributed by atoms with Crippen LogP contribution in [-0.2, 0) is 6.54 Å². The zero-order valence-corrected chi connectivity index (χ0v) is 19.8. The summed E-state index contributed by atoms with van der Waals surface area (Å²) in [6.45, 7) is 5.48. The summed E-state index contributed by atoms with van der Waals surface area (Å²) < 4.78 is 12.7. The normalized spacial score (nSPS) is 16.3. The summed E-state index contributed by atoms with van der Waals surface area (Å²) in [5.41, 5.74) is 2.28. The Hall–Kier alpha value is -2.17. The molecule has 29 heavy (non-hydrogen) atoms. The molecule has 0 saturated carbocycles. The standard InChI is InChI=1S/C20H30N6O2.HI/c1-15-12-23-26(13-15)8-6-22-20(21-2)24-16-5-7-25(14-16)17-9-18(27-3)11-19(10-17)28-4;/h9-13,16H,5-8,14H2,1-4H3,(H2,21,22,24);1H. The van der Waals surface area contributed by atoms with Gasteiger partial charge in [0.1, 0.15) is 11.5 Å². The van der Waals surface area contributed by atoms with E-state index in [4.69, 9.17) is 9.47 Å². The molecule has 2 N–H and O–H groups in total. The first-order valence-electron chi connectivity index (χ1n) is 9.55. The van der Waals surface area contributed by atoms with Crippen molar-refractivity contribution in [3.8, 4) is 11.5 Å². The molecule has 0 amide bonds. The van der Waals surface area contributed by atoms with Crippen molar-refractivity contribution in [2.45, 2.75) is 25.9 Å². The summed E-state index contributed by atoms with van der Waals surface area (Å²) >= 11 is 0. The van der Waals surface area contributed by atoms with Crippen LogP contribution in [0.3, 0.4) is 0 Å². The predicted octanol–water partition coefficient (Wildman–Crippen LogP) is 2.27. The van der Waals surface area contributed by atoms with Crippen LogP contribution in [0, 0.1) is 6.92 Å². The van der Waals surface area contributed by atoms with E-state index in [1.807, 2.05) is 42.2 Å². The second-order valence-electron chi connectivity index (χ2n) is 6.93. The molecule has 1 atom stereocenters. The van der Waals surface area contributed by atoms with Gasteiger partial charge < -0.3 is 25.0 Å². The van der Waals surface area contributed by atoms with Gasteiger partial charge in [0.2, 0.25) is 0 Å². The quantitative estimate of drug-likeness (QED) is 0.336. The number of aromatic nitrogens is 2. The number of hydrogen-bond acceptors (Lipinski definition) is 5. The van der Waals surface area contributed by atoms with E-state index in [-0.39, 0.29) is 24.0 Å². The van der Waals surface area contributed by atoms with Crippen molar-refractivity contribution in [3.05, 3.63) is 36.2 Å². The van der Waals surface area contributed by atoms with E-state index in [1.54, 1.807) is 21.3 Å². The largest absolute Gasteiger partial charge is 0.497 e. The van der Waals surface area contributed by atoms with Gasteiger partial charge in [-0.2, -0.15) is 5.10 Å². The zero-order valence-electron chi connectivity index (χ0n) is 17.5. The molecule has 8 nitrogen and oxygen atoms in total. The molecule has 1 aliphatic heterocycles. The molecule has 1 aromatic carbocycles. The number of nitrogens with zero attached hydrogens (tertiary/aromatic N) is 4. The van der Waals surface area contributed by atoms with E-state index in [1.165, 1.54) is 5.56 Å². The van der Waals surface area contributed by atoms with Crippen LogP contribution in [0.5, 0.6) is 11.5 Å². The highest BCUT2D eigenvalue weighted by molar-refractivity contribution is 14.0. The number of nitrogens with one attached hydrogen (secondary N) is 2. The summed E-state index contributed by atoms with van der Waals surface area (Å²) in [6.07, 6.45) is 4.95. The molecule has 1 saturated heterocycles. The van der Waals surface area contributed by atoms with Gasteiger partial charge in [-0.3, -0.25) is 9.67 Å². The fourth-order valence-electron chi connectivity index (χ4n) is 3.35. The number of ether oxygens (including phenoxy) is 2. The third-order valence-electron chi connectivity index (χ3n) is 4.85. The Labute approximate surface area is 189 Å². The highest BCUT2D eigenvalue weighted by atomic mass is 127. The first kappa shape index (κ1) is 23.1. The molecule has 1 aliphatic rings. The molecular weight excluding hydrogens is 483 g/mol. The molecule has 0 bridgehead atoms. The monoisotopic (exact) mass is 514 g/mol. The van der Waals surface area contributed by atoms with Gasteiger partial charge in [0.15, 0.2) is 5.96 Å². The SMILES string of the molecule is CN=C(NCCn1cc(C)cn1)NC1CCN(c2cc(OC)cc(OC)c2)C1.I. The van der Waals surface area contributed by atoms with Crippen LogP contribution in [-0.4, -0.2) is 62.7 Å². The van der Waals surface area contributed by atoms with Gasteiger partial charge in [-0.25, -0.2) is 0 Å². The predicted molar refractivity (Wildman–Crippen MR) is 127 cm³/mol. The molecule has 160 valence electrons. The number of benzene rings is 1. The van der Waals surface area contributed by atoms with Gasteiger partial charge in [-0.05, 0) is 18.9 Å². The summed E-state index contributed by atoms with van der Waals surface area (Å²) in [7, 11) is 5.15. The number of aliphatic imine (C=N–C) groups is 1. The van der Waals surface area contributed by atoms with Gasteiger partial charge in [0.05, 0.1) is 27.0 Å². The summed E-state index contributed by atoms with van der Waals surface area (Å²) in [6, 6.07) is 6.31. The molecule has 3 rings (SSSR count). The first-order valence-corrected chi connectivity index (χ1v) is 9.55. The van der Waals surface area contributed by atoms with Crippen LogP contribution in [0.15, 0.2) is 35.6 Å². The van der Waals surface area contributed by atoms with E-state index in [0.717, 1.165) is 55.7 Å². The minimum Gasteiger partial charge on any atom is -0.497 e. The maximum atomic E-state index is 5.39. The first-order chi connectivity index (χ1) is 13.6. The lowest BCUT2D eigenvalue weighted by Crippen LogP contribution is -2.45. The topological polar surface area (TPSA) is 75.9 Å². The van der Waals surface area contributed by atoms with E-state index in [0.29, 0.717) is 6.04 Å². The number of rotatable bonds is 7. The minimum absolute atomic E-state index is 0. The number of anilines is 1. The van der Waals surface area contributed by atoms with Crippen molar-refractivity contribution in [3.63, 3.8) is 0 Å². The van der Waals surface area contributed by atoms with Crippen LogP contribution in [0.4, 0.5) is 5.69 Å². The molecule has 2 aromatic rings. The van der Waals surface area contributed by atoms with Crippen molar-refractivity contribution in [1.82, 2.24) is 20.4 Å². The van der Waals surface area contributed by atoms with Crippen LogP contribution in [0.1, 0.15) is 12.0 Å². The maximum Gasteiger partial charge on any atom is 0.191 e. The van der Waals surface area contributed by atoms with E-state index < -0.39 is 0 Å². The van der Waals surface area contributed by atoms with Crippen molar-refractivity contribution in [2.75, 3.05) is 45.8 Å².